The first kappa shape index (κ1) is 36.9. The van der Waals surface area contributed by atoms with Crippen molar-refractivity contribution in [3.63, 3.8) is 0 Å². The number of nitrogens with one attached hydrogen (secondary N) is 1. The Labute approximate surface area is 311 Å². The molecule has 6 rings (SSSR count). The summed E-state index contributed by atoms with van der Waals surface area (Å²) in [6.45, 7) is 1.99. The fourth-order valence-corrected chi connectivity index (χ4v) is 6.47. The van der Waals surface area contributed by atoms with Crippen molar-refractivity contribution in [1.29, 1.82) is 0 Å². The van der Waals surface area contributed by atoms with Gasteiger partial charge in [-0.1, -0.05) is 59.6 Å². The maximum atomic E-state index is 9.13. The predicted molar refractivity (Wildman–Crippen MR) is 198 cm³/mol. The summed E-state index contributed by atoms with van der Waals surface area (Å²) in [5.74, 6) is 0.822. The maximum absolute atomic E-state index is 9.13. The van der Waals surface area contributed by atoms with Crippen LogP contribution in [-0.2, 0) is 39.0 Å². The molecule has 0 unspecified atom stereocenters. The zero-order valence-electron chi connectivity index (χ0n) is 28.8. The summed E-state index contributed by atoms with van der Waals surface area (Å²) in [5.41, 5.74) is 7.41. The van der Waals surface area contributed by atoms with Gasteiger partial charge in [-0.15, -0.1) is 0 Å². The summed E-state index contributed by atoms with van der Waals surface area (Å²) in [6, 6.07) is 11.4. The maximum Gasteiger partial charge on any atom is 0.237 e. The highest BCUT2D eigenvalue weighted by Crippen LogP contribution is 2.42. The van der Waals surface area contributed by atoms with E-state index < -0.39 is 0 Å². The average molecular weight is 745 g/mol. The van der Waals surface area contributed by atoms with Gasteiger partial charge in [0.1, 0.15) is 11.4 Å². The Kier molecular flexibility index (Phi) is 12.4. The second-order valence-corrected chi connectivity index (χ2v) is 12.6. The molecule has 0 saturated heterocycles. The number of benzene rings is 2. The van der Waals surface area contributed by atoms with Crippen molar-refractivity contribution in [2.45, 2.75) is 45.4 Å². The van der Waals surface area contributed by atoms with Gasteiger partial charge in [0, 0.05) is 53.3 Å². The van der Waals surface area contributed by atoms with Crippen LogP contribution in [-0.4, -0.2) is 77.1 Å². The Balaban J connectivity index is 1.18. The van der Waals surface area contributed by atoms with Gasteiger partial charge >= 0.3 is 0 Å². The standard InChI is InChI=1S/C37H39Cl2N9O4/c1-51-36-30(11-3-6-24-17-43-47(22-24)12-14-49)41-20-31(45-36)28-9-4-7-26(34(28)38)27-8-5-10-29(35(27)39)32-21-42-33(37(46-32)52-2)19-40-16-25-18-44-48(23-25)13-15-50/h4-5,7-10,17-18,20-23,40,49-50H,3,6,11-16,19H2,1-2H3. The van der Waals surface area contributed by atoms with Gasteiger partial charge in [-0.3, -0.25) is 19.3 Å². The van der Waals surface area contributed by atoms with E-state index in [-0.39, 0.29) is 13.2 Å². The van der Waals surface area contributed by atoms with Crippen LogP contribution in [0.5, 0.6) is 11.8 Å². The first-order valence-corrected chi connectivity index (χ1v) is 17.5. The van der Waals surface area contributed by atoms with E-state index in [1.165, 1.54) is 0 Å². The van der Waals surface area contributed by atoms with Crippen molar-refractivity contribution >= 4 is 23.2 Å². The SMILES string of the molecule is COc1nc(-c2cccc(-c3cccc(-c4cnc(CNCc5cnn(CCO)c5)c(OC)n4)c3Cl)c2Cl)cnc1CCCc1cnn(CCO)c1. The second kappa shape index (κ2) is 17.5. The van der Waals surface area contributed by atoms with E-state index >= 15 is 0 Å². The first-order valence-electron chi connectivity index (χ1n) is 16.7. The zero-order valence-corrected chi connectivity index (χ0v) is 30.3. The van der Waals surface area contributed by atoms with Gasteiger partial charge in [0.2, 0.25) is 11.8 Å². The van der Waals surface area contributed by atoms with Crippen LogP contribution in [0.15, 0.2) is 73.6 Å². The fraction of sp³-hybridized carbons (Fsp3) is 0.297. The predicted octanol–water partition coefficient (Wildman–Crippen LogP) is 5.43. The Hall–Kier alpha value is -4.92. The number of aromatic nitrogens is 8. The molecule has 52 heavy (non-hydrogen) atoms. The molecule has 0 spiro atoms. The van der Waals surface area contributed by atoms with Crippen molar-refractivity contribution in [3.05, 3.63) is 106 Å². The molecule has 0 atom stereocenters. The third-order valence-electron chi connectivity index (χ3n) is 8.38. The van der Waals surface area contributed by atoms with Crippen molar-refractivity contribution in [2.75, 3.05) is 27.4 Å². The summed E-state index contributed by atoms with van der Waals surface area (Å²) in [4.78, 5) is 18.9. The van der Waals surface area contributed by atoms with Gasteiger partial charge in [0.25, 0.3) is 0 Å². The van der Waals surface area contributed by atoms with Gasteiger partial charge in [0.05, 0.1) is 86.7 Å². The lowest BCUT2D eigenvalue weighted by atomic mass is 9.98. The molecule has 4 aromatic heterocycles. The molecule has 0 aliphatic rings. The highest BCUT2D eigenvalue weighted by molar-refractivity contribution is 6.39. The first-order chi connectivity index (χ1) is 25.4. The van der Waals surface area contributed by atoms with E-state index in [1.807, 2.05) is 55.0 Å². The third-order valence-corrected chi connectivity index (χ3v) is 9.20. The molecule has 4 heterocycles. The summed E-state index contributed by atoms with van der Waals surface area (Å²) in [5, 5.41) is 31.0. The Morgan fingerprint density at radius 1 is 0.654 bits per heavy atom. The van der Waals surface area contributed by atoms with Gasteiger partial charge in [-0.2, -0.15) is 10.2 Å². The average Bonchev–Trinajstić information content (AvgIpc) is 3.81. The Morgan fingerprint density at radius 2 is 1.17 bits per heavy atom. The lowest BCUT2D eigenvalue weighted by Gasteiger charge is -2.15. The number of aliphatic hydroxyl groups is 2. The summed E-state index contributed by atoms with van der Waals surface area (Å²) in [7, 11) is 3.14. The molecule has 0 bridgehead atoms. The molecule has 270 valence electrons. The fourth-order valence-electron chi connectivity index (χ4n) is 5.82. The van der Waals surface area contributed by atoms with Crippen LogP contribution in [0.2, 0.25) is 10.0 Å². The normalized spacial score (nSPS) is 11.3. The minimum absolute atomic E-state index is 0.0321. The smallest absolute Gasteiger partial charge is 0.237 e. The number of nitrogens with zero attached hydrogens (tertiary/aromatic N) is 8. The van der Waals surface area contributed by atoms with E-state index in [9.17, 15) is 0 Å². The summed E-state index contributed by atoms with van der Waals surface area (Å²) < 4.78 is 14.7. The van der Waals surface area contributed by atoms with E-state index in [1.54, 1.807) is 42.2 Å². The van der Waals surface area contributed by atoms with Crippen molar-refractivity contribution in [3.8, 4) is 45.4 Å². The van der Waals surface area contributed by atoms with Crippen molar-refractivity contribution < 1.29 is 19.7 Å². The van der Waals surface area contributed by atoms with Crippen LogP contribution in [0.4, 0.5) is 0 Å². The number of ether oxygens (including phenoxy) is 2. The third kappa shape index (κ3) is 8.57. The van der Waals surface area contributed by atoms with E-state index in [0.717, 1.165) is 40.8 Å². The molecule has 15 heteroatoms. The molecule has 0 amide bonds. The lowest BCUT2D eigenvalue weighted by Crippen LogP contribution is -2.15. The highest BCUT2D eigenvalue weighted by Gasteiger charge is 2.19. The topological polar surface area (TPSA) is 158 Å². The molecule has 6 aromatic rings. The van der Waals surface area contributed by atoms with Gasteiger partial charge < -0.3 is 25.0 Å². The number of halogens is 2. The van der Waals surface area contributed by atoms with Crippen LogP contribution in [0.25, 0.3) is 33.6 Å². The van der Waals surface area contributed by atoms with Crippen molar-refractivity contribution in [2.24, 2.45) is 0 Å². The molecular weight excluding hydrogens is 705 g/mol. The van der Waals surface area contributed by atoms with Gasteiger partial charge in [-0.05, 0) is 24.8 Å². The van der Waals surface area contributed by atoms with E-state index in [2.05, 4.69) is 20.5 Å². The second-order valence-electron chi connectivity index (χ2n) is 11.9. The van der Waals surface area contributed by atoms with Crippen LogP contribution in [0, 0.1) is 0 Å². The molecule has 0 aliphatic carbocycles. The molecular formula is C37H39Cl2N9O4. The molecule has 0 aliphatic heterocycles. The van der Waals surface area contributed by atoms with Crippen LogP contribution in [0.3, 0.4) is 0 Å². The number of aryl methyl sites for hydroxylation is 2. The lowest BCUT2D eigenvalue weighted by molar-refractivity contribution is 0.269. The summed E-state index contributed by atoms with van der Waals surface area (Å²) in [6.07, 6.45) is 13.1. The molecule has 13 nitrogen and oxygen atoms in total. The molecule has 0 radical (unpaired) electrons. The van der Waals surface area contributed by atoms with Crippen molar-refractivity contribution in [1.82, 2.24) is 44.8 Å². The van der Waals surface area contributed by atoms with Crippen LogP contribution in [0.1, 0.15) is 28.9 Å². The summed E-state index contributed by atoms with van der Waals surface area (Å²) >= 11 is 14.1. The monoisotopic (exact) mass is 743 g/mol. The Morgan fingerprint density at radius 3 is 1.75 bits per heavy atom. The largest absolute Gasteiger partial charge is 0.480 e. The number of hydrogen-bond donors (Lipinski definition) is 3. The number of hydrogen-bond acceptors (Lipinski definition) is 11. The zero-order chi connectivity index (χ0) is 36.5. The molecule has 2 aromatic carbocycles. The minimum atomic E-state index is 0.0321. The quantitative estimate of drug-likeness (QED) is 0.109. The minimum Gasteiger partial charge on any atom is -0.480 e. The highest BCUT2D eigenvalue weighted by atomic mass is 35.5. The molecule has 0 fully saturated rings. The van der Waals surface area contributed by atoms with E-state index in [4.69, 9.17) is 57.8 Å². The Bertz CT molecular complexity index is 1970. The number of rotatable bonds is 17. The molecule has 3 N–H and O–H groups in total. The molecule has 0 saturated carbocycles. The van der Waals surface area contributed by atoms with E-state index in [0.29, 0.717) is 82.6 Å². The van der Waals surface area contributed by atoms with Crippen LogP contribution >= 0.6 is 23.2 Å². The number of methoxy groups -OCH3 is 2. The van der Waals surface area contributed by atoms with Gasteiger partial charge in [-0.25, -0.2) is 9.97 Å². The number of aliphatic hydroxyl groups excluding tert-OH is 2. The van der Waals surface area contributed by atoms with Crippen LogP contribution < -0.4 is 14.8 Å². The van der Waals surface area contributed by atoms with Gasteiger partial charge in [0.15, 0.2) is 0 Å².